The van der Waals surface area contributed by atoms with E-state index in [9.17, 15) is 9.59 Å². The maximum Gasteiger partial charge on any atom is 0.407 e. The van der Waals surface area contributed by atoms with Crippen LogP contribution in [-0.2, 0) is 16.8 Å². The molecule has 1 aliphatic carbocycles. The highest BCUT2D eigenvalue weighted by atomic mass is 16.5. The molecule has 1 heterocycles. The number of carbonyl (C=O) groups is 2. The topological polar surface area (TPSA) is 102 Å². The summed E-state index contributed by atoms with van der Waals surface area (Å²) in [5.74, 6) is -1.08. The molecule has 7 heteroatoms. The van der Waals surface area contributed by atoms with Crippen molar-refractivity contribution >= 4 is 12.1 Å². The lowest BCUT2D eigenvalue weighted by Gasteiger charge is -2.14. The molecule has 2 aromatic rings. The van der Waals surface area contributed by atoms with E-state index in [4.69, 9.17) is 14.4 Å². The average Bonchev–Trinajstić information content (AvgIpc) is 3.17. The number of carbonyl (C=O) groups excluding carboxylic acids is 1. The number of carboxylic acid groups (broad SMARTS) is 1. The standard InChI is InChI=1S/C16H16N2O5/c19-14(20)12-9-23-18-13(12)16(6-7-16)10-17-15(21)22-8-11-4-2-1-3-5-11/h1-5,9H,6-8,10H2,(H,17,21)(H,19,20). The van der Waals surface area contributed by atoms with Gasteiger partial charge in [-0.3, -0.25) is 0 Å². The van der Waals surface area contributed by atoms with Crippen molar-refractivity contribution in [2.75, 3.05) is 6.54 Å². The molecular formula is C16H16N2O5. The largest absolute Gasteiger partial charge is 0.478 e. The van der Waals surface area contributed by atoms with Crippen molar-refractivity contribution in [1.82, 2.24) is 10.5 Å². The Hall–Kier alpha value is -2.83. The number of ether oxygens (including phenoxy) is 1. The normalized spacial score (nSPS) is 15.0. The van der Waals surface area contributed by atoms with E-state index in [0.29, 0.717) is 5.69 Å². The van der Waals surface area contributed by atoms with Gasteiger partial charge in [0.2, 0.25) is 0 Å². The third-order valence-corrected chi connectivity index (χ3v) is 3.94. The van der Waals surface area contributed by atoms with Crippen LogP contribution in [0.15, 0.2) is 41.1 Å². The molecule has 0 spiro atoms. The van der Waals surface area contributed by atoms with Gasteiger partial charge in [0.15, 0.2) is 0 Å². The van der Waals surface area contributed by atoms with Crippen LogP contribution in [0.2, 0.25) is 0 Å². The summed E-state index contributed by atoms with van der Waals surface area (Å²) < 4.78 is 9.91. The summed E-state index contributed by atoms with van der Waals surface area (Å²) >= 11 is 0. The molecule has 1 amide bonds. The molecule has 0 radical (unpaired) electrons. The molecule has 0 unspecified atom stereocenters. The molecule has 7 nitrogen and oxygen atoms in total. The maximum atomic E-state index is 11.8. The number of aromatic nitrogens is 1. The van der Waals surface area contributed by atoms with Crippen LogP contribution in [0.1, 0.15) is 34.5 Å². The van der Waals surface area contributed by atoms with E-state index in [0.717, 1.165) is 24.7 Å². The van der Waals surface area contributed by atoms with Gasteiger partial charge in [-0.2, -0.15) is 0 Å². The van der Waals surface area contributed by atoms with Crippen LogP contribution in [0.3, 0.4) is 0 Å². The number of nitrogens with one attached hydrogen (secondary N) is 1. The minimum atomic E-state index is -1.08. The number of rotatable bonds is 6. The summed E-state index contributed by atoms with van der Waals surface area (Å²) in [5.41, 5.74) is 0.857. The second kappa shape index (κ2) is 6.12. The van der Waals surface area contributed by atoms with Crippen LogP contribution in [-0.4, -0.2) is 28.9 Å². The van der Waals surface area contributed by atoms with Crippen molar-refractivity contribution in [1.29, 1.82) is 0 Å². The van der Waals surface area contributed by atoms with E-state index >= 15 is 0 Å². The highest BCUT2D eigenvalue weighted by molar-refractivity contribution is 5.89. The molecule has 0 aliphatic heterocycles. The predicted octanol–water partition coefficient (Wildman–Crippen LogP) is 2.33. The van der Waals surface area contributed by atoms with Gasteiger partial charge in [0.05, 0.1) is 0 Å². The molecular weight excluding hydrogens is 300 g/mol. The van der Waals surface area contributed by atoms with Gasteiger partial charge in [-0.15, -0.1) is 0 Å². The Kier molecular flexibility index (Phi) is 4.01. The molecule has 0 saturated heterocycles. The first-order chi connectivity index (χ1) is 11.1. The summed E-state index contributed by atoms with van der Waals surface area (Å²) in [4.78, 5) is 22.9. The van der Waals surface area contributed by atoms with Crippen molar-refractivity contribution in [2.24, 2.45) is 0 Å². The van der Waals surface area contributed by atoms with Crippen LogP contribution in [0.5, 0.6) is 0 Å². The fraction of sp³-hybridized carbons (Fsp3) is 0.312. The summed E-state index contributed by atoms with van der Waals surface area (Å²) in [7, 11) is 0. The molecule has 0 atom stereocenters. The molecule has 1 aromatic heterocycles. The molecule has 1 fully saturated rings. The summed E-state index contributed by atoms with van der Waals surface area (Å²) in [5, 5.41) is 15.6. The Labute approximate surface area is 132 Å². The SMILES string of the molecule is O=C(NCC1(c2nocc2C(=O)O)CC1)OCc1ccccc1. The number of aromatic carboxylic acids is 1. The van der Waals surface area contributed by atoms with Gasteiger partial charge in [-0.1, -0.05) is 35.5 Å². The summed E-state index contributed by atoms with van der Waals surface area (Å²) in [6.45, 7) is 0.456. The summed E-state index contributed by atoms with van der Waals surface area (Å²) in [6.07, 6.45) is 2.07. The van der Waals surface area contributed by atoms with Gasteiger partial charge >= 0.3 is 12.1 Å². The van der Waals surface area contributed by atoms with Crippen molar-refractivity contribution < 1.29 is 24.0 Å². The Balaban J connectivity index is 1.54. The smallest absolute Gasteiger partial charge is 0.407 e. The van der Waals surface area contributed by atoms with E-state index in [1.807, 2.05) is 30.3 Å². The quantitative estimate of drug-likeness (QED) is 0.848. The zero-order chi connectivity index (χ0) is 16.3. The molecule has 1 aromatic carbocycles. The Bertz CT molecular complexity index is 706. The number of amides is 1. The van der Waals surface area contributed by atoms with Gasteiger partial charge in [-0.05, 0) is 18.4 Å². The number of benzene rings is 1. The van der Waals surface area contributed by atoms with Crippen molar-refractivity contribution in [3.8, 4) is 0 Å². The van der Waals surface area contributed by atoms with Gasteiger partial charge in [0, 0.05) is 12.0 Å². The number of carboxylic acids is 1. The molecule has 2 N–H and O–H groups in total. The minimum Gasteiger partial charge on any atom is -0.478 e. The Morgan fingerprint density at radius 3 is 2.70 bits per heavy atom. The van der Waals surface area contributed by atoms with E-state index in [1.165, 1.54) is 0 Å². The van der Waals surface area contributed by atoms with Gasteiger partial charge < -0.3 is 19.7 Å². The lowest BCUT2D eigenvalue weighted by Crippen LogP contribution is -2.33. The fourth-order valence-electron chi connectivity index (χ4n) is 2.43. The zero-order valence-electron chi connectivity index (χ0n) is 12.3. The second-order valence-electron chi connectivity index (χ2n) is 5.58. The Morgan fingerprint density at radius 1 is 1.30 bits per heavy atom. The van der Waals surface area contributed by atoms with Crippen LogP contribution < -0.4 is 5.32 Å². The predicted molar refractivity (Wildman–Crippen MR) is 79.0 cm³/mol. The first-order valence-electron chi connectivity index (χ1n) is 7.23. The van der Waals surface area contributed by atoms with Crippen molar-refractivity contribution in [3.05, 3.63) is 53.4 Å². The first-order valence-corrected chi connectivity index (χ1v) is 7.23. The minimum absolute atomic E-state index is 0.0435. The second-order valence-corrected chi connectivity index (χ2v) is 5.58. The zero-order valence-corrected chi connectivity index (χ0v) is 12.3. The number of nitrogens with zero attached hydrogens (tertiary/aromatic N) is 1. The fourth-order valence-corrected chi connectivity index (χ4v) is 2.43. The maximum absolute atomic E-state index is 11.8. The van der Waals surface area contributed by atoms with Gasteiger partial charge in [-0.25, -0.2) is 9.59 Å². The molecule has 1 saturated carbocycles. The van der Waals surface area contributed by atoms with Crippen molar-refractivity contribution in [3.63, 3.8) is 0 Å². The third-order valence-electron chi connectivity index (χ3n) is 3.94. The van der Waals surface area contributed by atoms with E-state index in [1.54, 1.807) is 0 Å². The molecule has 1 aliphatic rings. The average molecular weight is 316 g/mol. The highest BCUT2D eigenvalue weighted by Gasteiger charge is 2.49. The lowest BCUT2D eigenvalue weighted by molar-refractivity contribution is 0.0694. The number of alkyl carbamates (subject to hydrolysis) is 1. The molecule has 23 heavy (non-hydrogen) atoms. The monoisotopic (exact) mass is 316 g/mol. The molecule has 3 rings (SSSR count). The summed E-state index contributed by atoms with van der Waals surface area (Å²) in [6, 6.07) is 9.36. The van der Waals surface area contributed by atoms with Gasteiger partial charge in [0.25, 0.3) is 0 Å². The molecule has 120 valence electrons. The van der Waals surface area contributed by atoms with Crippen LogP contribution in [0.4, 0.5) is 4.79 Å². The van der Waals surface area contributed by atoms with E-state index in [2.05, 4.69) is 10.5 Å². The molecule has 0 bridgehead atoms. The first kappa shape index (κ1) is 15.1. The lowest BCUT2D eigenvalue weighted by atomic mass is 9.99. The van der Waals surface area contributed by atoms with Crippen LogP contribution >= 0.6 is 0 Å². The van der Waals surface area contributed by atoms with E-state index in [-0.39, 0.29) is 18.7 Å². The highest BCUT2D eigenvalue weighted by Crippen LogP contribution is 2.48. The number of hydrogen-bond donors (Lipinski definition) is 2. The van der Waals surface area contributed by atoms with Gasteiger partial charge in [0.1, 0.15) is 24.1 Å². The van der Waals surface area contributed by atoms with Crippen molar-refractivity contribution in [2.45, 2.75) is 24.9 Å². The van der Waals surface area contributed by atoms with Crippen LogP contribution in [0.25, 0.3) is 0 Å². The third kappa shape index (κ3) is 3.33. The van der Waals surface area contributed by atoms with Crippen LogP contribution in [0, 0.1) is 0 Å². The number of hydrogen-bond acceptors (Lipinski definition) is 5. The Morgan fingerprint density at radius 2 is 2.04 bits per heavy atom. The van der Waals surface area contributed by atoms with E-state index < -0.39 is 17.5 Å².